The van der Waals surface area contributed by atoms with E-state index in [-0.39, 0.29) is 0 Å². The van der Waals surface area contributed by atoms with Gasteiger partial charge in [-0.25, -0.2) is 0 Å². The van der Waals surface area contributed by atoms with E-state index in [4.69, 9.17) is 0 Å². The van der Waals surface area contributed by atoms with Crippen LogP contribution in [0.15, 0.2) is 0 Å². The average molecular weight is 292 g/mol. The first kappa shape index (κ1) is 15.3. The number of carbonyl (C=O) groups is 1. The topological polar surface area (TPSA) is 32.3 Å². The lowest BCUT2D eigenvalue weighted by atomic mass is 9.77. The number of hydrogen-bond donors (Lipinski definition) is 1. The maximum Gasteiger partial charge on any atom is 0.222 e. The van der Waals surface area contributed by atoms with Crippen LogP contribution in [0.1, 0.15) is 64.7 Å². The molecule has 2 aliphatic heterocycles. The van der Waals surface area contributed by atoms with Gasteiger partial charge in [-0.3, -0.25) is 4.79 Å². The fourth-order valence-electron chi connectivity index (χ4n) is 4.73. The molecule has 21 heavy (non-hydrogen) atoms. The van der Waals surface area contributed by atoms with E-state index >= 15 is 0 Å². The third kappa shape index (κ3) is 3.61. The zero-order chi connectivity index (χ0) is 14.7. The van der Waals surface area contributed by atoms with Crippen LogP contribution in [0.5, 0.6) is 0 Å². The predicted molar refractivity (Wildman–Crippen MR) is 86.1 cm³/mol. The Morgan fingerprint density at radius 3 is 2.52 bits per heavy atom. The Morgan fingerprint density at radius 2 is 1.90 bits per heavy atom. The molecule has 0 aromatic rings. The van der Waals surface area contributed by atoms with Gasteiger partial charge in [0.25, 0.3) is 0 Å². The van der Waals surface area contributed by atoms with Crippen molar-refractivity contribution in [1.29, 1.82) is 0 Å². The number of likely N-dealkylation sites (tertiary alicyclic amines) is 1. The van der Waals surface area contributed by atoms with Gasteiger partial charge in [-0.15, -0.1) is 0 Å². The van der Waals surface area contributed by atoms with Crippen molar-refractivity contribution in [1.82, 2.24) is 10.2 Å². The second-order valence-corrected chi connectivity index (χ2v) is 7.89. The molecule has 3 aliphatic rings. The van der Waals surface area contributed by atoms with E-state index in [1.807, 2.05) is 0 Å². The van der Waals surface area contributed by atoms with Crippen molar-refractivity contribution in [3.8, 4) is 0 Å². The van der Waals surface area contributed by atoms with Crippen LogP contribution in [-0.2, 0) is 4.79 Å². The van der Waals surface area contributed by atoms with Crippen LogP contribution in [-0.4, -0.2) is 37.0 Å². The van der Waals surface area contributed by atoms with E-state index in [0.717, 1.165) is 25.4 Å². The van der Waals surface area contributed by atoms with Crippen LogP contribution < -0.4 is 5.32 Å². The first-order valence-corrected chi connectivity index (χ1v) is 9.17. The number of nitrogens with zero attached hydrogens (tertiary/aromatic N) is 1. The van der Waals surface area contributed by atoms with E-state index in [9.17, 15) is 4.79 Å². The summed E-state index contributed by atoms with van der Waals surface area (Å²) in [5.41, 5.74) is 0.520. The SMILES string of the molecule is CC(CC(=O)N1CCC2(CCNC2)CC1)C1CCCCC1. The van der Waals surface area contributed by atoms with Gasteiger partial charge in [0.15, 0.2) is 0 Å². The van der Waals surface area contributed by atoms with E-state index in [1.165, 1.54) is 64.5 Å². The highest BCUT2D eigenvalue weighted by atomic mass is 16.2. The Balaban J connectivity index is 1.45. The third-order valence-electron chi connectivity index (χ3n) is 6.46. The molecule has 120 valence electrons. The Morgan fingerprint density at radius 1 is 1.19 bits per heavy atom. The molecule has 0 bridgehead atoms. The Bertz CT molecular complexity index is 346. The van der Waals surface area contributed by atoms with Gasteiger partial charge in [0.2, 0.25) is 5.91 Å². The van der Waals surface area contributed by atoms with E-state index < -0.39 is 0 Å². The summed E-state index contributed by atoms with van der Waals surface area (Å²) in [6, 6.07) is 0. The van der Waals surface area contributed by atoms with Crippen molar-refractivity contribution in [2.45, 2.75) is 64.7 Å². The van der Waals surface area contributed by atoms with Crippen LogP contribution in [0, 0.1) is 17.3 Å². The summed E-state index contributed by atoms with van der Waals surface area (Å²) in [4.78, 5) is 14.7. The largest absolute Gasteiger partial charge is 0.343 e. The number of hydrogen-bond acceptors (Lipinski definition) is 2. The van der Waals surface area contributed by atoms with Gasteiger partial charge in [-0.1, -0.05) is 39.0 Å². The zero-order valence-corrected chi connectivity index (χ0v) is 13.7. The number of carbonyl (C=O) groups excluding carboxylic acids is 1. The van der Waals surface area contributed by atoms with Crippen molar-refractivity contribution in [3.05, 3.63) is 0 Å². The number of rotatable bonds is 3. The molecule has 0 aromatic heterocycles. The molecule has 1 saturated carbocycles. The fraction of sp³-hybridized carbons (Fsp3) is 0.944. The second-order valence-electron chi connectivity index (χ2n) is 7.89. The maximum absolute atomic E-state index is 12.6. The van der Waals surface area contributed by atoms with Gasteiger partial charge in [0.1, 0.15) is 0 Å². The zero-order valence-electron chi connectivity index (χ0n) is 13.7. The first-order valence-electron chi connectivity index (χ1n) is 9.17. The smallest absolute Gasteiger partial charge is 0.222 e. The lowest BCUT2D eigenvalue weighted by Gasteiger charge is -2.39. The molecule has 0 aromatic carbocycles. The molecule has 1 atom stereocenters. The van der Waals surface area contributed by atoms with Gasteiger partial charge in [-0.2, -0.15) is 0 Å². The van der Waals surface area contributed by atoms with Crippen LogP contribution >= 0.6 is 0 Å². The van der Waals surface area contributed by atoms with Crippen LogP contribution in [0.25, 0.3) is 0 Å². The van der Waals surface area contributed by atoms with Gasteiger partial charge < -0.3 is 10.2 Å². The van der Waals surface area contributed by atoms with Crippen LogP contribution in [0.3, 0.4) is 0 Å². The molecule has 3 fully saturated rings. The summed E-state index contributed by atoms with van der Waals surface area (Å²) in [6.45, 7) is 6.65. The fourth-order valence-corrected chi connectivity index (χ4v) is 4.73. The molecule has 1 aliphatic carbocycles. The minimum atomic E-state index is 0.425. The predicted octanol–water partition coefficient (Wildman–Crippen LogP) is 3.20. The van der Waals surface area contributed by atoms with Crippen LogP contribution in [0.2, 0.25) is 0 Å². The number of amides is 1. The molecule has 3 rings (SSSR count). The highest BCUT2D eigenvalue weighted by Gasteiger charge is 2.38. The molecule has 1 unspecified atom stereocenters. The molecule has 0 radical (unpaired) electrons. The monoisotopic (exact) mass is 292 g/mol. The van der Waals surface area contributed by atoms with Crippen molar-refractivity contribution in [2.75, 3.05) is 26.2 Å². The van der Waals surface area contributed by atoms with Crippen molar-refractivity contribution in [3.63, 3.8) is 0 Å². The minimum Gasteiger partial charge on any atom is -0.343 e. The standard InChI is InChI=1S/C18H32N2O/c1-15(16-5-3-2-4-6-16)13-17(21)20-11-8-18(9-12-20)7-10-19-14-18/h15-16,19H,2-14H2,1H3. The Kier molecular flexibility index (Phi) is 4.88. The van der Waals surface area contributed by atoms with E-state index in [0.29, 0.717) is 17.2 Å². The summed E-state index contributed by atoms with van der Waals surface area (Å²) in [5.74, 6) is 1.81. The quantitative estimate of drug-likeness (QED) is 0.866. The molecule has 2 heterocycles. The molecule has 1 amide bonds. The minimum absolute atomic E-state index is 0.425. The van der Waals surface area contributed by atoms with Gasteiger partial charge >= 0.3 is 0 Å². The second kappa shape index (κ2) is 6.68. The maximum atomic E-state index is 12.6. The van der Waals surface area contributed by atoms with Gasteiger partial charge in [0, 0.05) is 26.1 Å². The van der Waals surface area contributed by atoms with E-state index in [1.54, 1.807) is 0 Å². The number of nitrogens with one attached hydrogen (secondary N) is 1. The van der Waals surface area contributed by atoms with Crippen molar-refractivity contribution < 1.29 is 4.79 Å². The first-order chi connectivity index (χ1) is 10.2. The molecule has 2 saturated heterocycles. The Hall–Kier alpha value is -0.570. The van der Waals surface area contributed by atoms with Crippen LogP contribution in [0.4, 0.5) is 0 Å². The summed E-state index contributed by atoms with van der Waals surface area (Å²) in [7, 11) is 0. The Labute approximate surface area is 129 Å². The summed E-state index contributed by atoms with van der Waals surface area (Å²) in [5, 5.41) is 3.50. The average Bonchev–Trinajstić information content (AvgIpc) is 2.97. The lowest BCUT2D eigenvalue weighted by molar-refractivity contribution is -0.134. The van der Waals surface area contributed by atoms with Gasteiger partial charge in [-0.05, 0) is 43.1 Å². The summed E-state index contributed by atoms with van der Waals surface area (Å²) >= 11 is 0. The molecular weight excluding hydrogens is 260 g/mol. The molecular formula is C18H32N2O. The highest BCUT2D eigenvalue weighted by Crippen LogP contribution is 2.37. The summed E-state index contributed by atoms with van der Waals surface area (Å²) in [6.07, 6.45) is 11.4. The van der Waals surface area contributed by atoms with Gasteiger partial charge in [0.05, 0.1) is 0 Å². The third-order valence-corrected chi connectivity index (χ3v) is 6.46. The van der Waals surface area contributed by atoms with E-state index in [2.05, 4.69) is 17.1 Å². The highest BCUT2D eigenvalue weighted by molar-refractivity contribution is 5.76. The molecule has 3 heteroatoms. The van der Waals surface area contributed by atoms with Crippen molar-refractivity contribution >= 4 is 5.91 Å². The summed E-state index contributed by atoms with van der Waals surface area (Å²) < 4.78 is 0. The van der Waals surface area contributed by atoms with Crippen molar-refractivity contribution in [2.24, 2.45) is 17.3 Å². The lowest BCUT2D eigenvalue weighted by Crippen LogP contribution is -2.44. The normalized spacial score (nSPS) is 28.0. The molecule has 1 spiro atoms. The molecule has 3 nitrogen and oxygen atoms in total. The number of piperidine rings is 1. The molecule has 1 N–H and O–H groups in total.